The van der Waals surface area contributed by atoms with Crippen LogP contribution in [0.1, 0.15) is 52.4 Å². The summed E-state index contributed by atoms with van der Waals surface area (Å²) in [5, 5.41) is 28.2. The lowest BCUT2D eigenvalue weighted by molar-refractivity contribution is 0.0825. The number of phenolic OH excluding ortho intramolecular Hbond substituents is 1. The zero-order chi connectivity index (χ0) is 18.5. The average molecular weight is 354 g/mol. The third-order valence-corrected chi connectivity index (χ3v) is 4.02. The first-order valence-corrected chi connectivity index (χ1v) is 9.47. The molecule has 3 N–H and O–H groups in total. The number of rotatable bonds is 14. The molecule has 0 aliphatic rings. The van der Waals surface area contributed by atoms with Crippen molar-refractivity contribution in [3.8, 4) is 11.5 Å². The molecule has 0 saturated heterocycles. The van der Waals surface area contributed by atoms with E-state index in [1.807, 2.05) is 0 Å². The highest BCUT2D eigenvalue weighted by Gasteiger charge is 2.10. The number of hydrogen-bond acceptors (Lipinski definition) is 5. The zero-order valence-electron chi connectivity index (χ0n) is 15.7. The van der Waals surface area contributed by atoms with Crippen LogP contribution < -0.4 is 4.74 Å². The second-order valence-corrected chi connectivity index (χ2v) is 6.92. The number of ether oxygens (including phenoxy) is 1. The van der Waals surface area contributed by atoms with Gasteiger partial charge in [0.05, 0.1) is 18.8 Å². The Morgan fingerprint density at radius 3 is 1.92 bits per heavy atom. The van der Waals surface area contributed by atoms with E-state index in [4.69, 9.17) is 4.74 Å². The van der Waals surface area contributed by atoms with E-state index >= 15 is 0 Å². The van der Waals surface area contributed by atoms with Crippen molar-refractivity contribution in [3.05, 3.63) is 24.3 Å². The normalized spacial score (nSPS) is 13.8. The Kier molecular flexibility index (Phi) is 11.3. The lowest BCUT2D eigenvalue weighted by Gasteiger charge is -2.24. The first kappa shape index (κ1) is 21.7. The fourth-order valence-corrected chi connectivity index (χ4v) is 2.88. The first-order valence-electron chi connectivity index (χ1n) is 9.47. The number of phenols is 1. The van der Waals surface area contributed by atoms with Crippen LogP contribution in [0.15, 0.2) is 24.3 Å². The summed E-state index contributed by atoms with van der Waals surface area (Å²) >= 11 is 0. The van der Waals surface area contributed by atoms with Gasteiger partial charge in [-0.05, 0) is 57.5 Å². The van der Waals surface area contributed by atoms with Crippen LogP contribution in [0.2, 0.25) is 0 Å². The van der Waals surface area contributed by atoms with Gasteiger partial charge in [-0.1, -0.05) is 25.7 Å². The van der Waals surface area contributed by atoms with Crippen molar-refractivity contribution in [2.24, 2.45) is 0 Å². The van der Waals surface area contributed by atoms with Gasteiger partial charge in [-0.25, -0.2) is 0 Å². The minimum absolute atomic E-state index is 0.257. The van der Waals surface area contributed by atoms with Gasteiger partial charge < -0.3 is 20.1 Å². The van der Waals surface area contributed by atoms with Crippen LogP contribution in [-0.4, -0.2) is 58.7 Å². The highest BCUT2D eigenvalue weighted by atomic mass is 16.5. The average Bonchev–Trinajstić information content (AvgIpc) is 2.53. The van der Waals surface area contributed by atoms with E-state index in [1.165, 1.54) is 19.3 Å². The number of nitrogens with zero attached hydrogens (tertiary/aromatic N) is 1. The topological polar surface area (TPSA) is 73.2 Å². The number of benzene rings is 1. The van der Waals surface area contributed by atoms with E-state index in [1.54, 1.807) is 38.1 Å². The molecule has 2 unspecified atom stereocenters. The SMILES string of the molecule is CC(O)CN(CCCCCCCCOc1ccc(O)cc1)CC(C)O. The number of unbranched alkanes of at least 4 members (excludes halogenated alkanes) is 5. The smallest absolute Gasteiger partial charge is 0.119 e. The summed E-state index contributed by atoms with van der Waals surface area (Å²) in [6.07, 6.45) is 6.17. The van der Waals surface area contributed by atoms with Crippen LogP contribution in [0.4, 0.5) is 0 Å². The molecule has 1 aromatic rings. The molecule has 0 heterocycles. The van der Waals surface area contributed by atoms with Gasteiger partial charge in [0.1, 0.15) is 11.5 Å². The van der Waals surface area contributed by atoms with Gasteiger partial charge in [-0.15, -0.1) is 0 Å². The van der Waals surface area contributed by atoms with Gasteiger partial charge >= 0.3 is 0 Å². The fourth-order valence-electron chi connectivity index (χ4n) is 2.88. The van der Waals surface area contributed by atoms with Gasteiger partial charge in [-0.3, -0.25) is 4.90 Å². The van der Waals surface area contributed by atoms with Gasteiger partial charge in [0.25, 0.3) is 0 Å². The molecule has 0 amide bonds. The van der Waals surface area contributed by atoms with Crippen molar-refractivity contribution in [1.82, 2.24) is 4.90 Å². The number of aliphatic hydroxyl groups excluding tert-OH is 2. The van der Waals surface area contributed by atoms with Gasteiger partial charge in [-0.2, -0.15) is 0 Å². The highest BCUT2D eigenvalue weighted by molar-refractivity contribution is 5.29. The predicted octanol–water partition coefficient (Wildman–Crippen LogP) is 3.18. The molecule has 0 aliphatic heterocycles. The van der Waals surface area contributed by atoms with Crippen molar-refractivity contribution in [2.45, 2.75) is 64.6 Å². The van der Waals surface area contributed by atoms with Gasteiger partial charge in [0, 0.05) is 13.1 Å². The van der Waals surface area contributed by atoms with Crippen LogP contribution >= 0.6 is 0 Å². The summed E-state index contributed by atoms with van der Waals surface area (Å²) in [5.74, 6) is 1.06. The number of aliphatic hydroxyl groups is 2. The monoisotopic (exact) mass is 353 g/mol. The van der Waals surface area contributed by atoms with Crippen molar-refractivity contribution >= 4 is 0 Å². The molecule has 25 heavy (non-hydrogen) atoms. The summed E-state index contributed by atoms with van der Waals surface area (Å²) in [5.41, 5.74) is 0. The molecule has 1 rings (SSSR count). The molecule has 5 heteroatoms. The summed E-state index contributed by atoms with van der Waals surface area (Å²) in [6, 6.07) is 6.82. The molecule has 0 saturated carbocycles. The van der Waals surface area contributed by atoms with Crippen LogP contribution in [0.3, 0.4) is 0 Å². The molecule has 0 aliphatic carbocycles. The second kappa shape index (κ2) is 13.0. The summed E-state index contributed by atoms with van der Waals surface area (Å²) in [4.78, 5) is 2.14. The Morgan fingerprint density at radius 2 is 1.36 bits per heavy atom. The molecular weight excluding hydrogens is 318 g/mol. The third-order valence-electron chi connectivity index (χ3n) is 4.02. The molecule has 0 fully saturated rings. The quantitative estimate of drug-likeness (QED) is 0.448. The van der Waals surface area contributed by atoms with E-state index in [2.05, 4.69) is 4.90 Å². The number of aromatic hydroxyl groups is 1. The lowest BCUT2D eigenvalue weighted by atomic mass is 10.1. The van der Waals surface area contributed by atoms with Crippen molar-refractivity contribution in [3.63, 3.8) is 0 Å². The Balaban J connectivity index is 1.99. The molecule has 1 aromatic carbocycles. The Labute approximate surface area is 152 Å². The largest absolute Gasteiger partial charge is 0.508 e. The van der Waals surface area contributed by atoms with Gasteiger partial charge in [0.2, 0.25) is 0 Å². The van der Waals surface area contributed by atoms with Crippen LogP contribution in [-0.2, 0) is 0 Å². The van der Waals surface area contributed by atoms with Crippen LogP contribution in [0.5, 0.6) is 11.5 Å². The molecule has 144 valence electrons. The Hall–Kier alpha value is -1.30. The Morgan fingerprint density at radius 1 is 0.840 bits per heavy atom. The standard InChI is InChI=1S/C20H35NO4/c1-17(22)15-21(16-18(2)23)13-7-5-3-4-6-8-14-25-20-11-9-19(24)10-12-20/h9-12,17-18,22-24H,3-8,13-16H2,1-2H3. The van der Waals surface area contributed by atoms with E-state index in [0.717, 1.165) is 31.6 Å². The van der Waals surface area contributed by atoms with E-state index in [0.29, 0.717) is 19.7 Å². The summed E-state index contributed by atoms with van der Waals surface area (Å²) in [6.45, 7) is 6.46. The maximum atomic E-state index is 9.51. The van der Waals surface area contributed by atoms with E-state index < -0.39 is 0 Å². The van der Waals surface area contributed by atoms with Crippen molar-refractivity contribution in [2.75, 3.05) is 26.2 Å². The lowest BCUT2D eigenvalue weighted by Crippen LogP contribution is -2.36. The maximum Gasteiger partial charge on any atom is 0.119 e. The van der Waals surface area contributed by atoms with Gasteiger partial charge in [0.15, 0.2) is 0 Å². The molecular formula is C20H35NO4. The predicted molar refractivity (Wildman–Crippen MR) is 101 cm³/mol. The summed E-state index contributed by atoms with van der Waals surface area (Å²) in [7, 11) is 0. The van der Waals surface area contributed by atoms with Crippen molar-refractivity contribution in [1.29, 1.82) is 0 Å². The maximum absolute atomic E-state index is 9.51. The molecule has 5 nitrogen and oxygen atoms in total. The minimum Gasteiger partial charge on any atom is -0.508 e. The summed E-state index contributed by atoms with van der Waals surface area (Å²) < 4.78 is 5.63. The second-order valence-electron chi connectivity index (χ2n) is 6.92. The highest BCUT2D eigenvalue weighted by Crippen LogP contribution is 2.16. The molecule has 2 atom stereocenters. The van der Waals surface area contributed by atoms with Crippen molar-refractivity contribution < 1.29 is 20.1 Å². The zero-order valence-corrected chi connectivity index (χ0v) is 15.7. The first-order chi connectivity index (χ1) is 12.0. The molecule has 0 spiro atoms. The van der Waals surface area contributed by atoms with Crippen LogP contribution in [0.25, 0.3) is 0 Å². The van der Waals surface area contributed by atoms with E-state index in [-0.39, 0.29) is 18.0 Å². The minimum atomic E-state index is -0.354. The third kappa shape index (κ3) is 11.8. The van der Waals surface area contributed by atoms with Crippen LogP contribution in [0, 0.1) is 0 Å². The molecule has 0 aromatic heterocycles. The molecule has 0 radical (unpaired) electrons. The van der Waals surface area contributed by atoms with E-state index in [9.17, 15) is 15.3 Å². The Bertz CT molecular complexity index is 424. The fraction of sp³-hybridized carbons (Fsp3) is 0.700. The molecule has 0 bridgehead atoms. The number of hydrogen-bond donors (Lipinski definition) is 3.